The van der Waals surface area contributed by atoms with Crippen molar-refractivity contribution in [2.75, 3.05) is 18.5 Å². The van der Waals surface area contributed by atoms with Crippen molar-refractivity contribution in [1.29, 1.82) is 0 Å². The molecule has 0 fully saturated rings. The van der Waals surface area contributed by atoms with Gasteiger partial charge in [0.15, 0.2) is 18.2 Å². The fraction of sp³-hybridized carbons (Fsp3) is 0.286. The molecule has 0 saturated carbocycles. The molecule has 0 aliphatic rings. The average molecular weight is 404 g/mol. The number of nitrogens with one attached hydrogen (secondary N) is 2. The van der Waals surface area contributed by atoms with Crippen molar-refractivity contribution in [2.45, 2.75) is 26.2 Å². The topological polar surface area (TPSA) is 84.5 Å². The molecule has 0 heterocycles. The number of carbonyl (C=O) groups excluding carboxylic acids is 3. The molecular weight excluding hydrogens is 382 g/mol. The van der Waals surface area contributed by atoms with E-state index in [4.69, 9.17) is 4.74 Å². The molecule has 0 radical (unpaired) electrons. The number of amides is 2. The molecule has 2 amide bonds. The molecule has 154 valence electrons. The lowest BCUT2D eigenvalue weighted by molar-refractivity contribution is -0.126. The number of hydrogen-bond acceptors (Lipinski definition) is 4. The maximum Gasteiger partial charge on any atom is 0.338 e. The average Bonchev–Trinajstić information content (AvgIpc) is 2.72. The van der Waals surface area contributed by atoms with Gasteiger partial charge in [0.1, 0.15) is 0 Å². The van der Waals surface area contributed by atoms with Crippen LogP contribution in [0.3, 0.4) is 0 Å². The van der Waals surface area contributed by atoms with Crippen LogP contribution in [0.1, 0.15) is 35.7 Å². The van der Waals surface area contributed by atoms with Crippen molar-refractivity contribution in [3.63, 3.8) is 0 Å². The molecule has 0 saturated heterocycles. The van der Waals surface area contributed by atoms with Crippen molar-refractivity contribution in [3.8, 4) is 0 Å². The zero-order chi connectivity index (χ0) is 21.2. The van der Waals surface area contributed by atoms with Crippen molar-refractivity contribution >= 4 is 23.5 Å². The zero-order valence-electron chi connectivity index (χ0n) is 16.0. The number of anilines is 1. The molecule has 2 aromatic rings. The number of unbranched alkanes of at least 4 members (excludes halogenated alkanes) is 1. The summed E-state index contributed by atoms with van der Waals surface area (Å²) in [7, 11) is 0. The molecule has 2 N–H and O–H groups in total. The zero-order valence-corrected chi connectivity index (χ0v) is 16.0. The van der Waals surface area contributed by atoms with Crippen molar-refractivity contribution in [3.05, 3.63) is 65.2 Å². The highest BCUT2D eigenvalue weighted by atomic mass is 19.2. The number of hydrogen-bond donors (Lipinski definition) is 2. The van der Waals surface area contributed by atoms with E-state index in [0.717, 1.165) is 37.0 Å². The third kappa shape index (κ3) is 7.33. The maximum absolute atomic E-state index is 13.1. The van der Waals surface area contributed by atoms with Gasteiger partial charge in [-0.2, -0.15) is 0 Å². The van der Waals surface area contributed by atoms with Crippen LogP contribution in [-0.4, -0.2) is 30.9 Å². The van der Waals surface area contributed by atoms with E-state index in [2.05, 4.69) is 17.6 Å². The summed E-state index contributed by atoms with van der Waals surface area (Å²) in [5.41, 5.74) is 1.50. The highest BCUT2D eigenvalue weighted by Gasteiger charge is 2.12. The van der Waals surface area contributed by atoms with Gasteiger partial charge in [0.25, 0.3) is 5.91 Å². The van der Waals surface area contributed by atoms with E-state index in [-0.39, 0.29) is 5.69 Å². The van der Waals surface area contributed by atoms with E-state index in [1.807, 2.05) is 12.1 Å². The maximum atomic E-state index is 13.1. The first-order chi connectivity index (χ1) is 13.9. The molecule has 0 atom stereocenters. The Balaban J connectivity index is 1.72. The van der Waals surface area contributed by atoms with Crippen LogP contribution in [0.25, 0.3) is 0 Å². The summed E-state index contributed by atoms with van der Waals surface area (Å²) in [5.74, 6) is -4.09. The van der Waals surface area contributed by atoms with E-state index >= 15 is 0 Å². The first-order valence-corrected chi connectivity index (χ1v) is 9.16. The van der Waals surface area contributed by atoms with Crippen LogP contribution in [0.4, 0.5) is 14.5 Å². The van der Waals surface area contributed by atoms with Gasteiger partial charge in [0.05, 0.1) is 12.1 Å². The molecule has 29 heavy (non-hydrogen) atoms. The van der Waals surface area contributed by atoms with Crippen molar-refractivity contribution in [2.24, 2.45) is 0 Å². The number of benzene rings is 2. The number of rotatable bonds is 9. The van der Waals surface area contributed by atoms with Gasteiger partial charge in [-0.25, -0.2) is 13.6 Å². The number of carbonyl (C=O) groups is 3. The van der Waals surface area contributed by atoms with E-state index < -0.39 is 42.6 Å². The minimum Gasteiger partial charge on any atom is -0.452 e. The van der Waals surface area contributed by atoms with Gasteiger partial charge < -0.3 is 15.4 Å². The first-order valence-electron chi connectivity index (χ1n) is 9.16. The standard InChI is InChI=1S/C21H22F2N2O4/c1-2-3-4-14-5-7-15(8-6-14)21(28)29-13-20(27)24-12-19(26)25-16-9-10-17(22)18(23)11-16/h5-11H,2-4,12-13H2,1H3,(H,24,27)(H,25,26). The normalized spacial score (nSPS) is 10.3. The van der Waals surface area contributed by atoms with Gasteiger partial charge in [-0.05, 0) is 42.7 Å². The van der Waals surface area contributed by atoms with E-state index in [1.54, 1.807) is 12.1 Å². The highest BCUT2D eigenvalue weighted by Crippen LogP contribution is 2.12. The second-order valence-electron chi connectivity index (χ2n) is 6.33. The number of aryl methyl sites for hydroxylation is 1. The molecule has 0 aliphatic carbocycles. The third-order valence-electron chi connectivity index (χ3n) is 3.99. The van der Waals surface area contributed by atoms with Gasteiger partial charge in [-0.1, -0.05) is 25.5 Å². The lowest BCUT2D eigenvalue weighted by Crippen LogP contribution is -2.35. The van der Waals surface area contributed by atoms with Gasteiger partial charge in [0, 0.05) is 11.8 Å². The quantitative estimate of drug-likeness (QED) is 0.629. The molecule has 8 heteroatoms. The summed E-state index contributed by atoms with van der Waals surface area (Å²) in [5, 5.41) is 4.58. The number of ether oxygens (including phenoxy) is 1. The van der Waals surface area contributed by atoms with Crippen LogP contribution in [0.2, 0.25) is 0 Å². The monoisotopic (exact) mass is 404 g/mol. The van der Waals surface area contributed by atoms with Crippen LogP contribution >= 0.6 is 0 Å². The van der Waals surface area contributed by atoms with Crippen molar-refractivity contribution in [1.82, 2.24) is 5.32 Å². The summed E-state index contributed by atoms with van der Waals surface area (Å²) in [6, 6.07) is 9.85. The highest BCUT2D eigenvalue weighted by molar-refractivity contribution is 5.95. The predicted molar refractivity (Wildman–Crippen MR) is 103 cm³/mol. The molecular formula is C21H22F2N2O4. The van der Waals surface area contributed by atoms with Gasteiger partial charge in [-0.15, -0.1) is 0 Å². The molecule has 6 nitrogen and oxygen atoms in total. The van der Waals surface area contributed by atoms with Gasteiger partial charge in [0.2, 0.25) is 5.91 Å². The molecule has 2 rings (SSSR count). The van der Waals surface area contributed by atoms with E-state index in [9.17, 15) is 23.2 Å². The third-order valence-corrected chi connectivity index (χ3v) is 3.99. The van der Waals surface area contributed by atoms with Crippen LogP contribution in [0.15, 0.2) is 42.5 Å². The van der Waals surface area contributed by atoms with Crippen LogP contribution in [0, 0.1) is 11.6 Å². The van der Waals surface area contributed by atoms with Gasteiger partial charge >= 0.3 is 5.97 Å². The molecule has 2 aromatic carbocycles. The summed E-state index contributed by atoms with van der Waals surface area (Å²) < 4.78 is 30.9. The summed E-state index contributed by atoms with van der Waals surface area (Å²) in [6.07, 6.45) is 3.08. The Bertz CT molecular complexity index is 869. The Morgan fingerprint density at radius 1 is 0.966 bits per heavy atom. The van der Waals surface area contributed by atoms with Crippen LogP contribution in [0.5, 0.6) is 0 Å². The van der Waals surface area contributed by atoms with E-state index in [0.29, 0.717) is 5.56 Å². The Hall–Kier alpha value is -3.29. The molecule has 0 bridgehead atoms. The molecule has 0 spiro atoms. The second-order valence-corrected chi connectivity index (χ2v) is 6.33. The van der Waals surface area contributed by atoms with Crippen molar-refractivity contribution < 1.29 is 27.9 Å². The largest absolute Gasteiger partial charge is 0.452 e. The Morgan fingerprint density at radius 3 is 2.34 bits per heavy atom. The Kier molecular flexibility index (Phi) is 8.27. The molecule has 0 aliphatic heterocycles. The fourth-order valence-electron chi connectivity index (χ4n) is 2.41. The summed E-state index contributed by atoms with van der Waals surface area (Å²) >= 11 is 0. The first kappa shape index (κ1) is 22.0. The van der Waals surface area contributed by atoms with Crippen LogP contribution in [-0.2, 0) is 20.7 Å². The molecule has 0 aromatic heterocycles. The van der Waals surface area contributed by atoms with E-state index in [1.165, 1.54) is 6.07 Å². The van der Waals surface area contributed by atoms with Gasteiger partial charge in [-0.3, -0.25) is 9.59 Å². The minimum absolute atomic E-state index is 0.0527. The Morgan fingerprint density at radius 2 is 1.69 bits per heavy atom. The summed E-state index contributed by atoms with van der Waals surface area (Å²) in [4.78, 5) is 35.4. The minimum atomic E-state index is -1.10. The van der Waals surface area contributed by atoms with Crippen LogP contribution < -0.4 is 10.6 Å². The SMILES string of the molecule is CCCCc1ccc(C(=O)OCC(=O)NCC(=O)Nc2ccc(F)c(F)c2)cc1. The number of halogens is 2. The smallest absolute Gasteiger partial charge is 0.338 e. The lowest BCUT2D eigenvalue weighted by Gasteiger charge is -2.08. The fourth-order valence-corrected chi connectivity index (χ4v) is 2.41. The predicted octanol–water partition coefficient (Wildman–Crippen LogP) is 3.22. The summed E-state index contributed by atoms with van der Waals surface area (Å²) in [6.45, 7) is 1.14. The lowest BCUT2D eigenvalue weighted by atomic mass is 10.1. The number of esters is 1. The Labute approximate surface area is 167 Å². The molecule has 0 unspecified atom stereocenters. The second kappa shape index (κ2) is 10.9.